The van der Waals surface area contributed by atoms with Gasteiger partial charge in [0.2, 0.25) is 40.9 Å². The lowest BCUT2D eigenvalue weighted by molar-refractivity contribution is -0.147. The van der Waals surface area contributed by atoms with Crippen LogP contribution in [0.1, 0.15) is 163 Å². The van der Waals surface area contributed by atoms with Crippen molar-refractivity contribution >= 4 is 70.9 Å². The number of hydrogen-bond donors (Lipinski definition) is 0. The number of thioether (sulfide) groups is 3. The maximum atomic E-state index is 15.2. The monoisotopic (exact) mass is 1630 g/mol. The van der Waals surface area contributed by atoms with Crippen molar-refractivity contribution in [1.29, 1.82) is 0 Å². The van der Waals surface area contributed by atoms with Crippen LogP contribution in [0, 0.1) is 65.0 Å². The number of nitrogens with zero attached hydrogens (tertiary/aromatic N) is 7. The first-order valence-electron chi connectivity index (χ1n) is 36.9. The van der Waals surface area contributed by atoms with Crippen LogP contribution in [-0.2, 0) is 36.3 Å². The van der Waals surface area contributed by atoms with Crippen LogP contribution >= 0.6 is 35.3 Å². The van der Waals surface area contributed by atoms with Gasteiger partial charge in [0.25, 0.3) is 0 Å². The quantitative estimate of drug-likeness (QED) is 0.0702. The molecule has 4 atom stereocenters. The molecule has 18 rings (SSSR count). The van der Waals surface area contributed by atoms with E-state index in [9.17, 15) is 56.3 Å². The zero-order valence-electron chi connectivity index (χ0n) is 63.0. The SMILES string of the molecule is CC(=O)OCOc1c2n(ccc1=O)N(C1c3ccc(F)c(F)c3CSc3c(C)cccc31)CC1(CC1)C2=O.COC(=O)OC(C)Oc1c2n(ccc1=O)N(C1c3ccccc3SCc3c1ccc(F)c3F)CC1(CC1)C2=O.Cc1cccc2c1SCc1c(ccc(F)c1F)C2N1CC2(CC2)C(=O)c2c(OC(=O)N(C)C)c(=O)ccn21. The number of aromatic nitrogens is 3. The van der Waals surface area contributed by atoms with Gasteiger partial charge in [-0.2, -0.15) is 0 Å². The van der Waals surface area contributed by atoms with E-state index in [0.717, 1.165) is 67.8 Å². The molecule has 0 bridgehead atoms. The van der Waals surface area contributed by atoms with Gasteiger partial charge < -0.3 is 33.3 Å². The maximum absolute atomic E-state index is 15.2. The summed E-state index contributed by atoms with van der Waals surface area (Å²) < 4.78 is 124. The third-order valence-corrected chi connectivity index (χ3v) is 26.2. The van der Waals surface area contributed by atoms with E-state index < -0.39 is 117 Å². The second-order valence-electron chi connectivity index (χ2n) is 30.0. The van der Waals surface area contributed by atoms with Crippen molar-refractivity contribution in [3.63, 3.8) is 0 Å². The molecule has 115 heavy (non-hydrogen) atoms. The van der Waals surface area contributed by atoms with Gasteiger partial charge in [-0.05, 0) is 121 Å². The van der Waals surface area contributed by atoms with E-state index in [1.807, 2.05) is 89.5 Å². The molecule has 3 fully saturated rings. The van der Waals surface area contributed by atoms with Gasteiger partial charge in [0, 0.05) is 133 Å². The van der Waals surface area contributed by atoms with Crippen LogP contribution in [0.5, 0.6) is 17.2 Å². The average Bonchev–Trinajstić information content (AvgIpc) is 1.60. The molecule has 6 aliphatic heterocycles. The Hall–Kier alpha value is -11.2. The number of ketones is 3. The molecule has 3 aliphatic carbocycles. The number of Topliss-reactive ketones (excluding diaryl/α,β-unsaturated/α-hetero) is 3. The Bertz CT molecular complexity index is 5830. The predicted octanol–water partition coefficient (Wildman–Crippen LogP) is 14.4. The molecule has 594 valence electrons. The van der Waals surface area contributed by atoms with Gasteiger partial charge in [-0.3, -0.25) is 62.6 Å². The van der Waals surface area contributed by atoms with Gasteiger partial charge in [-0.15, -0.1) is 35.3 Å². The Morgan fingerprint density at radius 1 is 0.496 bits per heavy atom. The summed E-state index contributed by atoms with van der Waals surface area (Å²) in [5.41, 5.74) is 3.37. The topological polar surface area (TPSA) is 237 Å². The van der Waals surface area contributed by atoms with Crippen molar-refractivity contribution in [1.82, 2.24) is 18.9 Å². The van der Waals surface area contributed by atoms with Gasteiger partial charge in [0.15, 0.2) is 75.1 Å². The van der Waals surface area contributed by atoms with Crippen LogP contribution in [0.15, 0.2) is 163 Å². The van der Waals surface area contributed by atoms with Crippen molar-refractivity contribution in [2.24, 2.45) is 16.2 Å². The lowest BCUT2D eigenvalue weighted by Gasteiger charge is -2.43. The van der Waals surface area contributed by atoms with E-state index in [-0.39, 0.29) is 85.6 Å². The van der Waals surface area contributed by atoms with Crippen LogP contribution < -0.4 is 45.5 Å². The van der Waals surface area contributed by atoms with E-state index in [0.29, 0.717) is 74.8 Å². The predicted molar refractivity (Wildman–Crippen MR) is 412 cm³/mol. The molecule has 31 heteroatoms. The standard InChI is InChI=1S/C28H25F2N3O4S.C28H24F2N2O6S.C28H24F2N2O5S/c1-15-5-4-6-17-22(16-7-8-19(29)21(30)18(16)13-38-25(15)17)33-14-28(10-11-28)26(35)23-24(37-27(36)31(2)3)20(34)9-12-32(23)33;1-15(38-27(35)36-2)37-25-20(33)9-12-31-24(25)26(34)28(10-11-28)14-32(31)23-16-7-8-19(29)22(30)18(16)13-39-21-6-4-3-5-17(21)23;1-15-4-3-5-18-23(17-6-7-20(29)22(30)19(17)12-38-26(15)18)32-13-28(9-10-28)27(35)24-25(37-14-36-16(2)33)21(34)8-11-31(24)32/h4-9,12,22H,10-11,13-14H2,1-3H3;3-9,12,15,23H,10-11,13-14H2,1-2H3;3-8,11,23H,9-10,12-14H2,1-2H3. The fourth-order valence-electron chi connectivity index (χ4n) is 16.2. The summed E-state index contributed by atoms with van der Waals surface area (Å²) in [5.74, 6) is -6.80. The fraction of sp³-hybridized carbons (Fsp3) is 0.321. The summed E-state index contributed by atoms with van der Waals surface area (Å²) in [4.78, 5) is 119. The number of ether oxygens (including phenoxy) is 6. The van der Waals surface area contributed by atoms with Crippen molar-refractivity contribution in [2.75, 3.05) is 62.7 Å². The van der Waals surface area contributed by atoms with Crippen LogP contribution in [0.4, 0.5) is 35.9 Å². The van der Waals surface area contributed by atoms with Crippen LogP contribution in [0.3, 0.4) is 0 Å². The highest BCUT2D eigenvalue weighted by Gasteiger charge is 2.60. The summed E-state index contributed by atoms with van der Waals surface area (Å²) in [7, 11) is 4.11. The molecule has 3 aromatic heterocycles. The highest BCUT2D eigenvalue weighted by molar-refractivity contribution is 7.99. The number of carbonyl (C=O) groups is 6. The zero-order chi connectivity index (χ0) is 81.2. The maximum Gasteiger partial charge on any atom is 0.511 e. The number of halogens is 6. The number of carbonyl (C=O) groups excluding carboxylic acids is 6. The highest BCUT2D eigenvalue weighted by Crippen LogP contribution is 2.58. The van der Waals surface area contributed by atoms with Crippen LogP contribution in [-0.4, -0.2) is 108 Å². The second kappa shape index (κ2) is 29.9. The number of methoxy groups -OCH3 is 1. The first-order valence-corrected chi connectivity index (χ1v) is 39.9. The summed E-state index contributed by atoms with van der Waals surface area (Å²) in [6.07, 6.45) is 5.17. The first-order chi connectivity index (χ1) is 55.1. The van der Waals surface area contributed by atoms with Gasteiger partial charge in [-0.1, -0.05) is 72.8 Å². The van der Waals surface area contributed by atoms with E-state index in [1.165, 1.54) is 105 Å². The third kappa shape index (κ3) is 13.6. The Kier molecular flexibility index (Phi) is 20.2. The minimum atomic E-state index is -1.22. The van der Waals surface area contributed by atoms with E-state index in [1.54, 1.807) is 32.2 Å². The number of esters is 1. The molecule has 4 unspecified atom stereocenters. The number of amides is 1. The van der Waals surface area contributed by atoms with Gasteiger partial charge in [0.05, 0.1) is 41.5 Å². The summed E-state index contributed by atoms with van der Waals surface area (Å²) in [6.45, 7) is 6.99. The number of fused-ring (bicyclic) bond motifs is 9. The van der Waals surface area contributed by atoms with Gasteiger partial charge in [-0.25, -0.2) is 35.9 Å². The highest BCUT2D eigenvalue weighted by atomic mass is 32.2. The van der Waals surface area contributed by atoms with Gasteiger partial charge >= 0.3 is 18.2 Å². The molecular weight excluding hydrogens is 1560 g/mol. The molecule has 0 radical (unpaired) electrons. The third-order valence-electron chi connectivity index (χ3n) is 22.6. The molecule has 9 aliphatic rings. The normalized spacial score (nSPS) is 19.0. The minimum Gasteiger partial charge on any atom is -0.451 e. The largest absolute Gasteiger partial charge is 0.511 e. The summed E-state index contributed by atoms with van der Waals surface area (Å²) in [5, 5.41) is 5.79. The molecule has 0 saturated heterocycles. The Balaban J connectivity index is 0.000000130. The van der Waals surface area contributed by atoms with Gasteiger partial charge in [0.1, 0.15) is 0 Å². The Morgan fingerprint density at radius 3 is 1.31 bits per heavy atom. The average molecular weight is 1630 g/mol. The number of aryl methyl sites for hydroxylation is 2. The number of hydrogen-bond acceptors (Lipinski definition) is 21. The lowest BCUT2D eigenvalue weighted by atomic mass is 9.89. The second-order valence-corrected chi connectivity index (χ2v) is 33.0. The van der Waals surface area contributed by atoms with Crippen molar-refractivity contribution in [3.05, 3.63) is 278 Å². The molecule has 9 heterocycles. The van der Waals surface area contributed by atoms with Crippen molar-refractivity contribution < 1.29 is 83.5 Å². The smallest absolute Gasteiger partial charge is 0.451 e. The molecule has 3 spiro atoms. The summed E-state index contributed by atoms with van der Waals surface area (Å²) in [6, 6.07) is 29.6. The number of pyridine rings is 3. The summed E-state index contributed by atoms with van der Waals surface area (Å²) >= 11 is 4.32. The van der Waals surface area contributed by atoms with E-state index in [4.69, 9.17) is 23.7 Å². The van der Waals surface area contributed by atoms with E-state index >= 15 is 13.2 Å². The molecule has 9 aromatic rings. The molecular formula is C84H73F6N7O15S3. The van der Waals surface area contributed by atoms with Crippen molar-refractivity contribution in [2.45, 2.75) is 123 Å². The fourth-order valence-corrected chi connectivity index (χ4v) is 19.8. The molecule has 6 aromatic carbocycles. The van der Waals surface area contributed by atoms with E-state index in [2.05, 4.69) is 4.74 Å². The molecule has 3 saturated carbocycles. The zero-order valence-corrected chi connectivity index (χ0v) is 65.4. The molecule has 22 nitrogen and oxygen atoms in total. The first kappa shape index (κ1) is 77.7. The minimum absolute atomic E-state index is 0.00770. The lowest BCUT2D eigenvalue weighted by Crippen LogP contribution is -2.52. The molecule has 0 N–H and O–H groups in total. The van der Waals surface area contributed by atoms with Crippen LogP contribution in [0.25, 0.3) is 0 Å². The molecule has 1 amide bonds. The Morgan fingerprint density at radius 2 is 0.887 bits per heavy atom. The van der Waals surface area contributed by atoms with Crippen molar-refractivity contribution in [3.8, 4) is 17.2 Å². The number of benzene rings is 6. The Labute approximate surface area is 666 Å². The van der Waals surface area contributed by atoms with Crippen LogP contribution in [0.2, 0.25) is 0 Å². The number of rotatable bonds is 10.